The fraction of sp³-hybridized carbons (Fsp3) is 0.217. The van der Waals surface area contributed by atoms with Crippen LogP contribution in [0.1, 0.15) is 23.6 Å². The summed E-state index contributed by atoms with van der Waals surface area (Å²) in [5.41, 5.74) is 3.85. The lowest BCUT2D eigenvalue weighted by Crippen LogP contribution is -2.29. The van der Waals surface area contributed by atoms with Crippen LogP contribution in [0.3, 0.4) is 0 Å². The summed E-state index contributed by atoms with van der Waals surface area (Å²) < 4.78 is 2.36. The number of fused-ring (bicyclic) bond motifs is 1. The van der Waals surface area contributed by atoms with Crippen LogP contribution in [0.4, 0.5) is 5.69 Å². The van der Waals surface area contributed by atoms with E-state index in [1.54, 1.807) is 6.07 Å². The largest absolute Gasteiger partial charge is 0.367 e. The summed E-state index contributed by atoms with van der Waals surface area (Å²) in [6.45, 7) is 3.79. The standard InChI is InChI=1S/C23H22ClN5O2S/c1-3-17-6-4-5-15(2)22(17)25-20(30)13-28-23(31)29-19(26-28)11-12-21(27-29)32-14-16-7-9-18(24)10-8-16/h4-12H,3,13-14H2,1-2H3,(H,25,30). The van der Waals surface area contributed by atoms with Crippen molar-refractivity contribution in [3.05, 3.63) is 86.8 Å². The number of halogens is 1. The molecule has 2 aromatic heterocycles. The van der Waals surface area contributed by atoms with Crippen LogP contribution < -0.4 is 11.0 Å². The van der Waals surface area contributed by atoms with Crippen molar-refractivity contribution in [1.29, 1.82) is 0 Å². The van der Waals surface area contributed by atoms with Crippen molar-refractivity contribution < 1.29 is 4.79 Å². The van der Waals surface area contributed by atoms with Crippen molar-refractivity contribution in [2.45, 2.75) is 37.6 Å². The Bertz CT molecular complexity index is 1330. The minimum absolute atomic E-state index is 0.188. The second kappa shape index (κ2) is 9.58. The maximum atomic E-state index is 12.8. The Morgan fingerprint density at radius 2 is 1.88 bits per heavy atom. The van der Waals surface area contributed by atoms with Crippen LogP contribution in [-0.4, -0.2) is 25.3 Å². The first-order chi connectivity index (χ1) is 15.4. The van der Waals surface area contributed by atoms with Crippen LogP contribution in [0.2, 0.25) is 5.02 Å². The van der Waals surface area contributed by atoms with Crippen molar-refractivity contribution in [3.63, 3.8) is 0 Å². The maximum Gasteiger partial charge on any atom is 0.367 e. The zero-order valence-corrected chi connectivity index (χ0v) is 19.3. The molecule has 1 amide bonds. The third-order valence-corrected chi connectivity index (χ3v) is 6.26. The fourth-order valence-electron chi connectivity index (χ4n) is 3.33. The van der Waals surface area contributed by atoms with Gasteiger partial charge in [-0.15, -0.1) is 5.10 Å². The Morgan fingerprint density at radius 3 is 2.62 bits per heavy atom. The molecule has 0 bridgehead atoms. The summed E-state index contributed by atoms with van der Waals surface area (Å²) in [6, 6.07) is 17.0. The van der Waals surface area contributed by atoms with Crippen molar-refractivity contribution in [2.75, 3.05) is 5.32 Å². The van der Waals surface area contributed by atoms with Crippen molar-refractivity contribution >= 4 is 40.6 Å². The topological polar surface area (TPSA) is 81.3 Å². The Morgan fingerprint density at radius 1 is 1.09 bits per heavy atom. The number of amides is 1. The molecule has 2 aromatic carbocycles. The van der Waals surface area contributed by atoms with Gasteiger partial charge in [0.05, 0.1) is 0 Å². The van der Waals surface area contributed by atoms with Gasteiger partial charge in [-0.05, 0) is 54.3 Å². The van der Waals surface area contributed by atoms with E-state index in [1.165, 1.54) is 16.3 Å². The van der Waals surface area contributed by atoms with Crippen LogP contribution >= 0.6 is 23.4 Å². The molecule has 0 saturated carbocycles. The summed E-state index contributed by atoms with van der Waals surface area (Å²) in [5, 5.41) is 12.9. The SMILES string of the molecule is CCc1cccc(C)c1NC(=O)Cn1nc2ccc(SCc3ccc(Cl)cc3)nn2c1=O. The van der Waals surface area contributed by atoms with Gasteiger partial charge in [-0.1, -0.05) is 60.6 Å². The molecule has 0 unspecified atom stereocenters. The van der Waals surface area contributed by atoms with E-state index in [1.807, 2.05) is 62.4 Å². The van der Waals surface area contributed by atoms with E-state index in [0.717, 1.165) is 33.5 Å². The third-order valence-electron chi connectivity index (χ3n) is 5.01. The van der Waals surface area contributed by atoms with Gasteiger partial charge in [-0.3, -0.25) is 4.79 Å². The highest BCUT2D eigenvalue weighted by atomic mass is 35.5. The zero-order valence-electron chi connectivity index (χ0n) is 17.7. The number of para-hydroxylation sites is 1. The normalized spacial score (nSPS) is 11.1. The number of hydrogen-bond acceptors (Lipinski definition) is 5. The van der Waals surface area contributed by atoms with Gasteiger partial charge >= 0.3 is 5.69 Å². The molecule has 0 saturated heterocycles. The third kappa shape index (κ3) is 4.87. The molecular formula is C23H22ClN5O2S. The van der Waals surface area contributed by atoms with Gasteiger partial charge < -0.3 is 5.32 Å². The van der Waals surface area contributed by atoms with Gasteiger partial charge in [-0.25, -0.2) is 9.48 Å². The van der Waals surface area contributed by atoms with Gasteiger partial charge in [0.1, 0.15) is 11.6 Å². The predicted octanol–water partition coefficient (Wildman–Crippen LogP) is 4.35. The fourth-order valence-corrected chi connectivity index (χ4v) is 4.26. The number of aryl methyl sites for hydroxylation is 2. The molecule has 4 rings (SSSR count). The molecule has 0 aliphatic rings. The number of hydrogen-bond donors (Lipinski definition) is 1. The van der Waals surface area contributed by atoms with E-state index in [9.17, 15) is 9.59 Å². The van der Waals surface area contributed by atoms with Crippen molar-refractivity contribution in [2.24, 2.45) is 0 Å². The highest BCUT2D eigenvalue weighted by molar-refractivity contribution is 7.98. The Hall–Kier alpha value is -3.10. The Kier molecular flexibility index (Phi) is 6.62. The van der Waals surface area contributed by atoms with Crippen LogP contribution in [-0.2, 0) is 23.5 Å². The highest BCUT2D eigenvalue weighted by Gasteiger charge is 2.14. The highest BCUT2D eigenvalue weighted by Crippen LogP contribution is 2.22. The molecule has 7 nitrogen and oxygen atoms in total. The van der Waals surface area contributed by atoms with Crippen LogP contribution in [0, 0.1) is 6.92 Å². The van der Waals surface area contributed by atoms with E-state index in [-0.39, 0.29) is 12.5 Å². The lowest BCUT2D eigenvalue weighted by atomic mass is 10.1. The van der Waals surface area contributed by atoms with Crippen molar-refractivity contribution in [1.82, 2.24) is 19.4 Å². The molecule has 0 aliphatic carbocycles. The smallest absolute Gasteiger partial charge is 0.324 e. The predicted molar refractivity (Wildman–Crippen MR) is 127 cm³/mol. The number of rotatable bonds is 7. The minimum atomic E-state index is -0.454. The molecule has 9 heteroatoms. The molecule has 0 aliphatic heterocycles. The summed E-state index contributed by atoms with van der Waals surface area (Å²) in [4.78, 5) is 25.4. The molecular weight excluding hydrogens is 446 g/mol. The summed E-state index contributed by atoms with van der Waals surface area (Å²) in [6.07, 6.45) is 0.798. The lowest BCUT2D eigenvalue weighted by molar-refractivity contribution is -0.117. The average Bonchev–Trinajstić information content (AvgIpc) is 3.09. The number of aromatic nitrogens is 4. The van der Waals surface area contributed by atoms with Gasteiger partial charge in [0.2, 0.25) is 5.91 Å². The van der Waals surface area contributed by atoms with E-state index < -0.39 is 5.69 Å². The molecule has 164 valence electrons. The zero-order chi connectivity index (χ0) is 22.7. The van der Waals surface area contributed by atoms with E-state index in [0.29, 0.717) is 21.4 Å². The average molecular weight is 468 g/mol. The molecule has 0 atom stereocenters. The molecule has 0 radical (unpaired) electrons. The first-order valence-electron chi connectivity index (χ1n) is 10.2. The first-order valence-corrected chi connectivity index (χ1v) is 11.5. The summed E-state index contributed by atoms with van der Waals surface area (Å²) in [7, 11) is 0. The molecule has 0 fully saturated rings. The Balaban J connectivity index is 1.49. The van der Waals surface area contributed by atoms with E-state index in [4.69, 9.17) is 11.6 Å². The number of nitrogens with one attached hydrogen (secondary N) is 1. The van der Waals surface area contributed by atoms with Crippen LogP contribution in [0.5, 0.6) is 0 Å². The van der Waals surface area contributed by atoms with Crippen LogP contribution in [0.15, 0.2) is 64.4 Å². The molecule has 4 aromatic rings. The number of nitrogens with zero attached hydrogens (tertiary/aromatic N) is 4. The maximum absolute atomic E-state index is 12.8. The molecule has 2 heterocycles. The molecule has 0 spiro atoms. The Labute approximate surface area is 194 Å². The number of anilines is 1. The summed E-state index contributed by atoms with van der Waals surface area (Å²) in [5.74, 6) is 0.383. The van der Waals surface area contributed by atoms with Gasteiger partial charge in [0.25, 0.3) is 0 Å². The lowest BCUT2D eigenvalue weighted by Gasteiger charge is -2.12. The van der Waals surface area contributed by atoms with Gasteiger partial charge in [0, 0.05) is 16.5 Å². The minimum Gasteiger partial charge on any atom is -0.324 e. The van der Waals surface area contributed by atoms with Gasteiger partial charge in [0.15, 0.2) is 5.65 Å². The van der Waals surface area contributed by atoms with E-state index in [2.05, 4.69) is 15.5 Å². The quantitative estimate of drug-likeness (QED) is 0.409. The number of carbonyl (C=O) groups excluding carboxylic acids is 1. The number of benzene rings is 2. The first kappa shape index (κ1) is 22.1. The van der Waals surface area contributed by atoms with Gasteiger partial charge in [-0.2, -0.15) is 9.61 Å². The van der Waals surface area contributed by atoms with Crippen molar-refractivity contribution in [3.8, 4) is 0 Å². The van der Waals surface area contributed by atoms with Crippen LogP contribution in [0.25, 0.3) is 5.65 Å². The second-order valence-electron chi connectivity index (χ2n) is 7.31. The number of carbonyl (C=O) groups is 1. The van der Waals surface area contributed by atoms with E-state index >= 15 is 0 Å². The monoisotopic (exact) mass is 467 g/mol. The second-order valence-corrected chi connectivity index (χ2v) is 8.74. The summed E-state index contributed by atoms with van der Waals surface area (Å²) >= 11 is 7.43. The number of thioether (sulfide) groups is 1. The molecule has 1 N–H and O–H groups in total. The molecule has 32 heavy (non-hydrogen) atoms.